The van der Waals surface area contributed by atoms with Crippen LogP contribution in [-0.4, -0.2) is 42.5 Å². The molecule has 0 radical (unpaired) electrons. The highest BCUT2D eigenvalue weighted by molar-refractivity contribution is 5.78. The molecule has 1 aliphatic rings. The van der Waals surface area contributed by atoms with Crippen molar-refractivity contribution >= 4 is 11.8 Å². The lowest BCUT2D eigenvalue weighted by atomic mass is 10.0. The minimum Gasteiger partial charge on any atom is -0.484 e. The van der Waals surface area contributed by atoms with Crippen LogP contribution in [0.1, 0.15) is 50.2 Å². The van der Waals surface area contributed by atoms with Gasteiger partial charge in [-0.1, -0.05) is 19.4 Å². The Hall–Kier alpha value is -2.04. The number of piperidine rings is 1. The molecule has 0 bridgehead atoms. The summed E-state index contributed by atoms with van der Waals surface area (Å²) in [4.78, 5) is 26.0. The number of unbranched alkanes of at least 4 members (excludes halogenated alkanes) is 1. The van der Waals surface area contributed by atoms with E-state index in [9.17, 15) is 9.59 Å². The van der Waals surface area contributed by atoms with E-state index in [4.69, 9.17) is 4.74 Å². The highest BCUT2D eigenvalue weighted by Crippen LogP contribution is 2.16. The van der Waals surface area contributed by atoms with Crippen molar-refractivity contribution in [1.82, 2.24) is 10.2 Å². The van der Waals surface area contributed by atoms with Crippen molar-refractivity contribution in [1.29, 1.82) is 0 Å². The molecule has 0 saturated carbocycles. The maximum absolute atomic E-state index is 12.1. The van der Waals surface area contributed by atoms with E-state index >= 15 is 0 Å². The van der Waals surface area contributed by atoms with Gasteiger partial charge in [-0.25, -0.2) is 0 Å². The third-order valence-electron chi connectivity index (χ3n) is 4.81. The van der Waals surface area contributed by atoms with Crippen molar-refractivity contribution < 1.29 is 14.3 Å². The van der Waals surface area contributed by atoms with Crippen LogP contribution < -0.4 is 10.1 Å². The van der Waals surface area contributed by atoms with Crippen LogP contribution in [0.25, 0.3) is 0 Å². The van der Waals surface area contributed by atoms with E-state index < -0.39 is 0 Å². The second kappa shape index (κ2) is 9.44. The van der Waals surface area contributed by atoms with Crippen LogP contribution in [0.2, 0.25) is 0 Å². The Morgan fingerprint density at radius 1 is 1.20 bits per heavy atom. The third-order valence-corrected chi connectivity index (χ3v) is 4.81. The van der Waals surface area contributed by atoms with E-state index in [2.05, 4.69) is 12.2 Å². The van der Waals surface area contributed by atoms with Crippen LogP contribution in [0, 0.1) is 13.8 Å². The lowest BCUT2D eigenvalue weighted by Crippen LogP contribution is -2.47. The van der Waals surface area contributed by atoms with E-state index in [1.165, 1.54) is 5.56 Å². The average molecular weight is 346 g/mol. The molecule has 1 aromatic rings. The molecule has 0 aromatic heterocycles. The van der Waals surface area contributed by atoms with Crippen LogP contribution in [0.4, 0.5) is 0 Å². The average Bonchev–Trinajstić information content (AvgIpc) is 2.61. The molecule has 0 spiro atoms. The van der Waals surface area contributed by atoms with Gasteiger partial charge in [0.1, 0.15) is 5.75 Å². The Bertz CT molecular complexity index is 593. The molecule has 2 amide bonds. The quantitative estimate of drug-likeness (QED) is 0.826. The van der Waals surface area contributed by atoms with E-state index in [-0.39, 0.29) is 24.5 Å². The summed E-state index contributed by atoms with van der Waals surface area (Å²) in [6, 6.07) is 5.96. The van der Waals surface area contributed by atoms with Crippen LogP contribution in [0.3, 0.4) is 0 Å². The SMILES string of the molecule is CCCCC(=O)N1CCC(NC(=O)COc2ccc(C)c(C)c2)CC1. The van der Waals surface area contributed by atoms with Gasteiger partial charge in [0.2, 0.25) is 5.91 Å². The molecule has 1 heterocycles. The normalized spacial score (nSPS) is 15.1. The Kier molecular flexibility index (Phi) is 7.29. The van der Waals surface area contributed by atoms with E-state index in [0.29, 0.717) is 6.42 Å². The summed E-state index contributed by atoms with van der Waals surface area (Å²) in [6.45, 7) is 7.65. The Morgan fingerprint density at radius 3 is 2.56 bits per heavy atom. The first-order valence-corrected chi connectivity index (χ1v) is 9.26. The number of carbonyl (C=O) groups is 2. The largest absolute Gasteiger partial charge is 0.484 e. The first kappa shape index (κ1) is 19.3. The van der Waals surface area contributed by atoms with Crippen LogP contribution in [0.5, 0.6) is 5.75 Å². The van der Waals surface area contributed by atoms with Crippen LogP contribution >= 0.6 is 0 Å². The number of hydrogen-bond acceptors (Lipinski definition) is 3. The number of aryl methyl sites for hydroxylation is 2. The van der Waals surface area contributed by atoms with Crippen LogP contribution in [-0.2, 0) is 9.59 Å². The zero-order chi connectivity index (χ0) is 18.2. The first-order chi connectivity index (χ1) is 12.0. The zero-order valence-corrected chi connectivity index (χ0v) is 15.6. The first-order valence-electron chi connectivity index (χ1n) is 9.26. The molecule has 2 rings (SSSR count). The second-order valence-corrected chi connectivity index (χ2v) is 6.86. The number of nitrogens with one attached hydrogen (secondary N) is 1. The van der Waals surface area contributed by atoms with Gasteiger partial charge < -0.3 is 15.0 Å². The molecule has 0 aliphatic carbocycles. The van der Waals surface area contributed by atoms with Gasteiger partial charge in [0.25, 0.3) is 5.91 Å². The van der Waals surface area contributed by atoms with Gasteiger partial charge in [-0.15, -0.1) is 0 Å². The minimum atomic E-state index is -0.103. The topological polar surface area (TPSA) is 58.6 Å². The van der Waals surface area contributed by atoms with Gasteiger partial charge >= 0.3 is 0 Å². The van der Waals surface area contributed by atoms with Gasteiger partial charge in [0, 0.05) is 25.6 Å². The number of benzene rings is 1. The molecule has 5 heteroatoms. The molecule has 1 saturated heterocycles. The van der Waals surface area contributed by atoms with Crippen molar-refractivity contribution in [2.75, 3.05) is 19.7 Å². The summed E-state index contributed by atoms with van der Waals surface area (Å²) < 4.78 is 5.57. The Labute approximate surface area is 150 Å². The van der Waals surface area contributed by atoms with Crippen molar-refractivity contribution in [3.05, 3.63) is 29.3 Å². The van der Waals surface area contributed by atoms with E-state index in [1.807, 2.05) is 36.9 Å². The molecular weight excluding hydrogens is 316 g/mol. The number of amides is 2. The molecule has 1 fully saturated rings. The highest BCUT2D eigenvalue weighted by atomic mass is 16.5. The molecule has 5 nitrogen and oxygen atoms in total. The lowest BCUT2D eigenvalue weighted by Gasteiger charge is -2.32. The number of carbonyl (C=O) groups excluding carboxylic acids is 2. The van der Waals surface area contributed by atoms with E-state index in [0.717, 1.165) is 50.1 Å². The van der Waals surface area contributed by atoms with Gasteiger partial charge in [-0.05, 0) is 56.4 Å². The monoisotopic (exact) mass is 346 g/mol. The molecular formula is C20H30N2O3. The second-order valence-electron chi connectivity index (χ2n) is 6.86. The molecule has 25 heavy (non-hydrogen) atoms. The molecule has 1 aromatic carbocycles. The molecule has 0 unspecified atom stereocenters. The fourth-order valence-electron chi connectivity index (χ4n) is 2.98. The van der Waals surface area contributed by atoms with Crippen LogP contribution in [0.15, 0.2) is 18.2 Å². The molecule has 138 valence electrons. The standard InChI is InChI=1S/C20H30N2O3/c1-4-5-6-20(24)22-11-9-17(10-12-22)21-19(23)14-25-18-8-7-15(2)16(3)13-18/h7-8,13,17H,4-6,9-12,14H2,1-3H3,(H,21,23). The number of likely N-dealkylation sites (tertiary alicyclic amines) is 1. The summed E-state index contributed by atoms with van der Waals surface area (Å²) in [6.07, 6.45) is 4.25. The summed E-state index contributed by atoms with van der Waals surface area (Å²) in [5.74, 6) is 0.855. The minimum absolute atomic E-state index is 0.0259. The Morgan fingerprint density at radius 2 is 1.92 bits per heavy atom. The van der Waals surface area contributed by atoms with Gasteiger partial charge in [0.05, 0.1) is 0 Å². The lowest BCUT2D eigenvalue weighted by molar-refractivity contribution is -0.132. The highest BCUT2D eigenvalue weighted by Gasteiger charge is 2.23. The smallest absolute Gasteiger partial charge is 0.258 e. The predicted molar refractivity (Wildman–Crippen MR) is 98.7 cm³/mol. The summed E-state index contributed by atoms with van der Waals surface area (Å²) in [5, 5.41) is 3.02. The Balaban J connectivity index is 1.69. The third kappa shape index (κ3) is 6.07. The zero-order valence-electron chi connectivity index (χ0n) is 15.6. The predicted octanol–water partition coefficient (Wildman–Crippen LogP) is 2.98. The number of ether oxygens (including phenoxy) is 1. The fourth-order valence-corrected chi connectivity index (χ4v) is 2.98. The fraction of sp³-hybridized carbons (Fsp3) is 0.600. The molecule has 1 N–H and O–H groups in total. The van der Waals surface area contributed by atoms with Crippen molar-refractivity contribution in [3.8, 4) is 5.75 Å². The van der Waals surface area contributed by atoms with Gasteiger partial charge in [0.15, 0.2) is 6.61 Å². The van der Waals surface area contributed by atoms with E-state index in [1.54, 1.807) is 0 Å². The number of nitrogens with zero attached hydrogens (tertiary/aromatic N) is 1. The maximum Gasteiger partial charge on any atom is 0.258 e. The summed E-state index contributed by atoms with van der Waals surface area (Å²) in [5.41, 5.74) is 2.36. The summed E-state index contributed by atoms with van der Waals surface area (Å²) >= 11 is 0. The van der Waals surface area contributed by atoms with Gasteiger partial charge in [-0.3, -0.25) is 9.59 Å². The molecule has 0 atom stereocenters. The van der Waals surface area contributed by atoms with Gasteiger partial charge in [-0.2, -0.15) is 0 Å². The number of hydrogen-bond donors (Lipinski definition) is 1. The van der Waals surface area contributed by atoms with Crippen molar-refractivity contribution in [2.45, 2.75) is 58.9 Å². The summed E-state index contributed by atoms with van der Waals surface area (Å²) in [7, 11) is 0. The maximum atomic E-state index is 12.1. The number of rotatable bonds is 7. The molecule has 1 aliphatic heterocycles. The van der Waals surface area contributed by atoms with Crippen molar-refractivity contribution in [3.63, 3.8) is 0 Å². The van der Waals surface area contributed by atoms with Crippen molar-refractivity contribution in [2.24, 2.45) is 0 Å².